The van der Waals surface area contributed by atoms with Gasteiger partial charge < -0.3 is 13.6 Å². The van der Waals surface area contributed by atoms with Crippen molar-refractivity contribution in [3.63, 3.8) is 0 Å². The third kappa shape index (κ3) is 12.8. The van der Waals surface area contributed by atoms with Crippen LogP contribution in [0.25, 0.3) is 0 Å². The molecule has 7 heteroatoms. The number of hydrogen-bond donors (Lipinski definition) is 0. The molecule has 0 heterocycles. The van der Waals surface area contributed by atoms with Gasteiger partial charge in [0, 0.05) is 6.16 Å². The summed E-state index contributed by atoms with van der Waals surface area (Å²) in [6.45, 7) is 20.9. The molecular formula is C32H60O5P2. The van der Waals surface area contributed by atoms with Crippen molar-refractivity contribution in [1.82, 2.24) is 0 Å². The lowest BCUT2D eigenvalue weighted by Gasteiger charge is -2.42. The van der Waals surface area contributed by atoms with E-state index in [1.165, 1.54) is 22.3 Å². The number of hydrogen-bond acceptors (Lipinski definition) is 5. The minimum absolute atomic E-state index is 0.239. The van der Waals surface area contributed by atoms with Crippen LogP contribution in [0.4, 0.5) is 0 Å². The van der Waals surface area contributed by atoms with Crippen LogP contribution in [0.5, 0.6) is 0 Å². The Labute approximate surface area is 241 Å². The molecule has 0 amide bonds. The molecule has 228 valence electrons. The Morgan fingerprint density at radius 2 is 0.974 bits per heavy atom. The molecule has 0 saturated heterocycles. The molecule has 0 fully saturated rings. The molecule has 0 aromatic carbocycles. The van der Waals surface area contributed by atoms with Gasteiger partial charge in [-0.25, -0.2) is 0 Å². The normalized spacial score (nSPS) is 15.4. The Kier molecular flexibility index (Phi) is 19.9. The molecule has 5 nitrogen and oxygen atoms in total. The molecule has 0 radical (unpaired) electrons. The molecule has 0 aliphatic heterocycles. The van der Waals surface area contributed by atoms with Crippen molar-refractivity contribution >= 4 is 15.0 Å². The van der Waals surface area contributed by atoms with Crippen LogP contribution in [0.3, 0.4) is 0 Å². The molecule has 0 aliphatic rings. The molecule has 0 saturated carbocycles. The van der Waals surface area contributed by atoms with Crippen LogP contribution in [0.15, 0.2) is 46.6 Å². The average molecular weight is 587 g/mol. The Morgan fingerprint density at radius 3 is 1.33 bits per heavy atom. The highest BCUT2D eigenvalue weighted by molar-refractivity contribution is 7.76. The van der Waals surface area contributed by atoms with Crippen LogP contribution in [0, 0.1) is 0 Å². The standard InChI is InChI=1S/C32H60O5P2/c1-11-32(12-2,39(34,36-14-4)37-15-5)38(33,35-13-3)27-19-26-31(10)25-18-24-30(9)23-17-22-29(8)21-16-20-28(6)7/h20,22,24,26H,11-19,21,23,25,27H2,1-10H3/b29-22+,30-24+,31-26+. The average Bonchev–Trinajstić information content (AvgIpc) is 2.85. The van der Waals surface area contributed by atoms with E-state index < -0.39 is 19.9 Å². The van der Waals surface area contributed by atoms with Gasteiger partial charge in [0.05, 0.1) is 19.8 Å². The fraction of sp³-hybridized carbons (Fsp3) is 0.750. The molecule has 1 unspecified atom stereocenters. The summed E-state index contributed by atoms with van der Waals surface area (Å²) in [6.07, 6.45) is 17.4. The first-order valence-corrected chi connectivity index (χ1v) is 18.5. The molecule has 0 bridgehead atoms. The van der Waals surface area contributed by atoms with E-state index in [2.05, 4.69) is 58.9 Å². The Morgan fingerprint density at radius 1 is 0.590 bits per heavy atom. The van der Waals surface area contributed by atoms with Crippen LogP contribution < -0.4 is 0 Å². The minimum atomic E-state index is -3.65. The molecule has 0 aromatic rings. The summed E-state index contributed by atoms with van der Waals surface area (Å²) in [5.74, 6) is 0. The van der Waals surface area contributed by atoms with Gasteiger partial charge >= 0.3 is 7.60 Å². The van der Waals surface area contributed by atoms with Crippen LogP contribution in [0.2, 0.25) is 0 Å². The molecule has 0 N–H and O–H groups in total. The maximum atomic E-state index is 14.4. The Hall–Kier alpha value is -0.700. The van der Waals surface area contributed by atoms with Crippen molar-refractivity contribution in [3.8, 4) is 0 Å². The maximum absolute atomic E-state index is 14.4. The zero-order valence-corrected chi connectivity index (χ0v) is 28.7. The van der Waals surface area contributed by atoms with Crippen LogP contribution in [-0.2, 0) is 22.7 Å². The van der Waals surface area contributed by atoms with E-state index in [-0.39, 0.29) is 13.2 Å². The molecule has 39 heavy (non-hydrogen) atoms. The number of allylic oxidation sites excluding steroid dienone is 8. The van der Waals surface area contributed by atoms with Gasteiger partial charge in [0.2, 0.25) is 7.37 Å². The summed E-state index contributed by atoms with van der Waals surface area (Å²) in [7, 11) is -7.00. The van der Waals surface area contributed by atoms with E-state index in [9.17, 15) is 9.13 Å². The SMILES string of the molecule is CCOP(=O)(CC/C=C(\C)CC/C=C(\C)CC/C=C(\C)CCC=C(C)C)C(CC)(CC)P(=O)(OCC)OCC. The van der Waals surface area contributed by atoms with E-state index in [1.54, 1.807) is 13.8 Å². The summed E-state index contributed by atoms with van der Waals surface area (Å²) in [6, 6.07) is 0. The van der Waals surface area contributed by atoms with Gasteiger partial charge in [-0.2, -0.15) is 0 Å². The smallest absolute Gasteiger partial charge is 0.328 e. The van der Waals surface area contributed by atoms with Gasteiger partial charge in [0.1, 0.15) is 4.90 Å². The van der Waals surface area contributed by atoms with Gasteiger partial charge in [0.25, 0.3) is 0 Å². The monoisotopic (exact) mass is 586 g/mol. The second-order valence-electron chi connectivity index (χ2n) is 10.7. The topological polar surface area (TPSA) is 61.8 Å². The van der Waals surface area contributed by atoms with Crippen LogP contribution >= 0.6 is 15.0 Å². The van der Waals surface area contributed by atoms with E-state index in [0.29, 0.717) is 32.0 Å². The second kappa shape index (κ2) is 20.2. The van der Waals surface area contributed by atoms with Gasteiger partial charge in [0.15, 0.2) is 0 Å². The summed E-state index contributed by atoms with van der Waals surface area (Å²) in [4.78, 5) is -1.14. The fourth-order valence-corrected chi connectivity index (χ4v) is 12.0. The third-order valence-electron chi connectivity index (χ3n) is 7.28. The van der Waals surface area contributed by atoms with Gasteiger partial charge in [-0.05, 0) is 113 Å². The first-order valence-electron chi connectivity index (χ1n) is 15.1. The molecule has 0 aliphatic carbocycles. The zero-order chi connectivity index (χ0) is 30.0. The predicted octanol–water partition coefficient (Wildman–Crippen LogP) is 11.6. The quantitative estimate of drug-likeness (QED) is 0.0932. The van der Waals surface area contributed by atoms with Gasteiger partial charge in [-0.15, -0.1) is 0 Å². The predicted molar refractivity (Wildman–Crippen MR) is 171 cm³/mol. The van der Waals surface area contributed by atoms with Crippen LogP contribution in [0.1, 0.15) is 127 Å². The highest BCUT2D eigenvalue weighted by Crippen LogP contribution is 2.80. The highest BCUT2D eigenvalue weighted by atomic mass is 31.2. The van der Waals surface area contributed by atoms with E-state index in [4.69, 9.17) is 13.6 Å². The van der Waals surface area contributed by atoms with Crippen LogP contribution in [-0.4, -0.2) is 30.9 Å². The molecule has 0 rings (SSSR count). The van der Waals surface area contributed by atoms with Gasteiger partial charge in [-0.3, -0.25) is 9.13 Å². The molecule has 0 spiro atoms. The lowest BCUT2D eigenvalue weighted by molar-refractivity contribution is 0.199. The van der Waals surface area contributed by atoms with Crippen molar-refractivity contribution in [2.45, 2.75) is 132 Å². The molecule has 1 atom stereocenters. The fourth-order valence-electron chi connectivity index (χ4n) is 4.99. The molecular weight excluding hydrogens is 526 g/mol. The minimum Gasteiger partial charge on any atom is -0.328 e. The molecule has 0 aromatic heterocycles. The van der Waals surface area contributed by atoms with E-state index in [1.807, 2.05) is 20.8 Å². The van der Waals surface area contributed by atoms with E-state index >= 15 is 0 Å². The second-order valence-corrected chi connectivity index (χ2v) is 16.3. The number of rotatable bonds is 22. The Balaban J connectivity index is 5.21. The summed E-state index contributed by atoms with van der Waals surface area (Å²) in [5, 5.41) is 0. The van der Waals surface area contributed by atoms with Gasteiger partial charge in [-0.1, -0.05) is 60.4 Å². The highest BCUT2D eigenvalue weighted by Gasteiger charge is 2.60. The van der Waals surface area contributed by atoms with Crippen molar-refractivity contribution in [2.24, 2.45) is 0 Å². The maximum Gasteiger partial charge on any atom is 0.346 e. The van der Waals surface area contributed by atoms with Crippen molar-refractivity contribution in [2.75, 3.05) is 26.0 Å². The lowest BCUT2D eigenvalue weighted by atomic mass is 10.0. The summed E-state index contributed by atoms with van der Waals surface area (Å²) < 4.78 is 45.8. The van der Waals surface area contributed by atoms with Crippen molar-refractivity contribution < 1.29 is 22.7 Å². The lowest BCUT2D eigenvalue weighted by Crippen LogP contribution is -2.32. The van der Waals surface area contributed by atoms with Crippen molar-refractivity contribution in [3.05, 3.63) is 46.6 Å². The first kappa shape index (κ1) is 38.3. The summed E-state index contributed by atoms with van der Waals surface area (Å²) in [5.41, 5.74) is 5.56. The van der Waals surface area contributed by atoms with E-state index in [0.717, 1.165) is 38.5 Å². The summed E-state index contributed by atoms with van der Waals surface area (Å²) >= 11 is 0. The third-order valence-corrected chi connectivity index (χ3v) is 15.2. The Bertz CT molecular complexity index is 896. The first-order chi connectivity index (χ1) is 18.4. The van der Waals surface area contributed by atoms with Crippen molar-refractivity contribution in [1.29, 1.82) is 0 Å². The largest absolute Gasteiger partial charge is 0.346 e. The zero-order valence-electron chi connectivity index (χ0n) is 26.9.